The van der Waals surface area contributed by atoms with Crippen LogP contribution in [0.1, 0.15) is 18.1 Å². The van der Waals surface area contributed by atoms with Gasteiger partial charge in [0.05, 0.1) is 36.7 Å². The molecule has 0 bridgehead atoms. The average molecular weight is 459 g/mol. The molecule has 2 aromatic rings. The van der Waals surface area contributed by atoms with Gasteiger partial charge in [-0.05, 0) is 31.5 Å². The molecule has 170 valence electrons. The second-order valence-electron chi connectivity index (χ2n) is 7.97. The first-order valence-corrected chi connectivity index (χ1v) is 11.9. The van der Waals surface area contributed by atoms with Crippen LogP contribution in [0.2, 0.25) is 0 Å². The van der Waals surface area contributed by atoms with Gasteiger partial charge in [0.15, 0.2) is 9.84 Å². The van der Waals surface area contributed by atoms with Crippen molar-refractivity contribution in [3.05, 3.63) is 77.1 Å². The minimum Gasteiger partial charge on any atom is -0.468 e. The van der Waals surface area contributed by atoms with Crippen LogP contribution in [0, 0.1) is 12.8 Å². The van der Waals surface area contributed by atoms with Gasteiger partial charge in [0.25, 0.3) is 0 Å². The van der Waals surface area contributed by atoms with Gasteiger partial charge >= 0.3 is 5.97 Å². The lowest BCUT2D eigenvalue weighted by atomic mass is 9.95. The molecule has 0 aromatic heterocycles. The highest BCUT2D eigenvalue weighted by atomic mass is 32.2. The zero-order valence-electron chi connectivity index (χ0n) is 18.2. The zero-order chi connectivity index (χ0) is 22.9. The molecule has 1 saturated heterocycles. The van der Waals surface area contributed by atoms with E-state index in [1.54, 1.807) is 31.2 Å². The summed E-state index contributed by atoms with van der Waals surface area (Å²) < 4.78 is 49.9. The van der Waals surface area contributed by atoms with E-state index >= 15 is 0 Å². The molecular formula is C24H26O7S. The molecule has 2 aliphatic heterocycles. The van der Waals surface area contributed by atoms with E-state index in [0.717, 1.165) is 11.1 Å². The van der Waals surface area contributed by atoms with Crippen molar-refractivity contribution in [3.63, 3.8) is 0 Å². The van der Waals surface area contributed by atoms with Crippen LogP contribution in [0.25, 0.3) is 0 Å². The van der Waals surface area contributed by atoms with Crippen LogP contribution in [-0.4, -0.2) is 45.7 Å². The van der Waals surface area contributed by atoms with Gasteiger partial charge in [-0.3, -0.25) is 0 Å². The van der Waals surface area contributed by atoms with Crippen molar-refractivity contribution >= 4 is 15.8 Å². The number of benzene rings is 2. The molecule has 0 N–H and O–H groups in total. The van der Waals surface area contributed by atoms with Crippen molar-refractivity contribution in [2.24, 2.45) is 5.92 Å². The lowest BCUT2D eigenvalue weighted by Gasteiger charge is -2.23. The van der Waals surface area contributed by atoms with Gasteiger partial charge in [-0.1, -0.05) is 48.0 Å². The van der Waals surface area contributed by atoms with Crippen LogP contribution < -0.4 is 0 Å². The summed E-state index contributed by atoms with van der Waals surface area (Å²) in [4.78, 5) is 12.7. The predicted octanol–water partition coefficient (Wildman–Crippen LogP) is 3.17. The van der Waals surface area contributed by atoms with Crippen molar-refractivity contribution in [1.82, 2.24) is 0 Å². The number of rotatable bonds is 7. The molecule has 2 heterocycles. The fraction of sp³-hybridized carbons (Fsp3) is 0.375. The maximum absolute atomic E-state index is 13.7. The summed E-state index contributed by atoms with van der Waals surface area (Å²) in [6.07, 6.45) is -1.70. The summed E-state index contributed by atoms with van der Waals surface area (Å²) in [5, 5.41) is -1.06. The third kappa shape index (κ3) is 4.18. The van der Waals surface area contributed by atoms with Crippen molar-refractivity contribution in [1.29, 1.82) is 0 Å². The lowest BCUT2D eigenvalue weighted by molar-refractivity contribution is -0.137. The maximum Gasteiger partial charge on any atom is 0.337 e. The van der Waals surface area contributed by atoms with E-state index in [1.165, 1.54) is 7.11 Å². The van der Waals surface area contributed by atoms with E-state index in [0.29, 0.717) is 12.4 Å². The first-order valence-electron chi connectivity index (χ1n) is 10.4. The van der Waals surface area contributed by atoms with Gasteiger partial charge in [0.1, 0.15) is 17.1 Å². The number of sulfone groups is 1. The number of fused-ring (bicyclic) bond motifs is 1. The van der Waals surface area contributed by atoms with E-state index in [1.807, 2.05) is 37.3 Å². The van der Waals surface area contributed by atoms with Gasteiger partial charge in [0, 0.05) is 0 Å². The summed E-state index contributed by atoms with van der Waals surface area (Å²) >= 11 is 0. The van der Waals surface area contributed by atoms with Gasteiger partial charge in [-0.25, -0.2) is 13.2 Å². The second kappa shape index (κ2) is 9.05. The fourth-order valence-electron chi connectivity index (χ4n) is 4.26. The first kappa shape index (κ1) is 22.5. The number of allylic oxidation sites excluding steroid dienone is 1. The molecule has 2 aromatic carbocycles. The Hall–Kier alpha value is -2.68. The van der Waals surface area contributed by atoms with Crippen LogP contribution in [0.3, 0.4) is 0 Å². The molecule has 4 atom stereocenters. The number of hydrogen-bond acceptors (Lipinski definition) is 7. The Kier molecular flexibility index (Phi) is 6.37. The Morgan fingerprint density at radius 3 is 2.38 bits per heavy atom. The molecule has 0 amide bonds. The van der Waals surface area contributed by atoms with Crippen LogP contribution in [-0.2, 0) is 40.2 Å². The molecule has 0 unspecified atom stereocenters. The monoisotopic (exact) mass is 458 g/mol. The number of carbonyl (C=O) groups excluding carboxylic acids is 1. The van der Waals surface area contributed by atoms with Crippen LogP contribution in [0.4, 0.5) is 0 Å². The molecule has 0 saturated carbocycles. The highest BCUT2D eigenvalue weighted by Crippen LogP contribution is 2.46. The van der Waals surface area contributed by atoms with E-state index in [-0.39, 0.29) is 17.1 Å². The largest absolute Gasteiger partial charge is 0.468 e. The number of ether oxygens (including phenoxy) is 4. The van der Waals surface area contributed by atoms with E-state index in [9.17, 15) is 13.2 Å². The highest BCUT2D eigenvalue weighted by Gasteiger charge is 2.59. The summed E-state index contributed by atoms with van der Waals surface area (Å²) in [5.74, 6) is -1.10. The molecule has 0 spiro atoms. The third-order valence-corrected chi connectivity index (χ3v) is 8.08. The minimum atomic E-state index is -3.88. The van der Waals surface area contributed by atoms with E-state index < -0.39 is 39.4 Å². The lowest BCUT2D eigenvalue weighted by Crippen LogP contribution is -2.39. The minimum absolute atomic E-state index is 0.0362. The average Bonchev–Trinajstić information content (AvgIpc) is 3.28. The first-order chi connectivity index (χ1) is 15.3. The number of aryl methyl sites for hydroxylation is 1. The Morgan fingerprint density at radius 2 is 1.72 bits per heavy atom. The van der Waals surface area contributed by atoms with Crippen molar-refractivity contribution in [2.75, 3.05) is 13.7 Å². The molecule has 0 radical (unpaired) electrons. The Bertz CT molecular complexity index is 1110. The Morgan fingerprint density at radius 1 is 1.03 bits per heavy atom. The predicted molar refractivity (Wildman–Crippen MR) is 116 cm³/mol. The number of esters is 1. The number of methoxy groups -OCH3 is 1. The second-order valence-corrected chi connectivity index (χ2v) is 10.1. The fourth-order valence-corrected chi connectivity index (χ4v) is 6.29. The molecule has 8 heteroatoms. The number of carbonyl (C=O) groups is 1. The molecule has 32 heavy (non-hydrogen) atoms. The third-order valence-electron chi connectivity index (χ3n) is 5.83. The molecule has 4 rings (SSSR count). The Labute approximate surface area is 187 Å². The molecule has 1 fully saturated rings. The smallest absolute Gasteiger partial charge is 0.337 e. The maximum atomic E-state index is 13.7. The summed E-state index contributed by atoms with van der Waals surface area (Å²) in [6, 6.07) is 16.2. The zero-order valence-corrected chi connectivity index (χ0v) is 19.0. The van der Waals surface area contributed by atoms with E-state index in [4.69, 9.17) is 18.9 Å². The van der Waals surface area contributed by atoms with Crippen molar-refractivity contribution < 1.29 is 32.2 Å². The topological polar surface area (TPSA) is 88.1 Å². The van der Waals surface area contributed by atoms with Gasteiger partial charge in [-0.15, -0.1) is 0 Å². The van der Waals surface area contributed by atoms with Crippen LogP contribution >= 0.6 is 0 Å². The summed E-state index contributed by atoms with van der Waals surface area (Å²) in [7, 11) is -2.62. The van der Waals surface area contributed by atoms with Gasteiger partial charge in [0.2, 0.25) is 6.29 Å². The van der Waals surface area contributed by atoms with Crippen molar-refractivity contribution in [2.45, 2.75) is 43.0 Å². The number of hydrogen-bond donors (Lipinski definition) is 0. The molecular weight excluding hydrogens is 432 g/mol. The summed E-state index contributed by atoms with van der Waals surface area (Å²) in [5.41, 5.74) is 2.11. The molecule has 0 aliphatic carbocycles. The summed E-state index contributed by atoms with van der Waals surface area (Å²) in [6.45, 7) is 3.85. The SMILES string of the molecule is COC(=O)C1=C(C)O[C@@H]2O[C@H](COCc3ccccc3)[C@@H](S(=O)(=O)c3ccc(C)cc3)[C@H]12. The standard InChI is InChI=1S/C24H26O7S/c1-15-9-11-18(12-10-15)32(26,27)22-19(14-29-13-17-7-5-4-6-8-17)31-24-21(22)20(16(2)30-24)23(25)28-3/h4-12,19,21-22,24H,13-14H2,1-3H3/t19-,21+,22-,24-/m1/s1. The van der Waals surface area contributed by atoms with Crippen LogP contribution in [0.5, 0.6) is 0 Å². The van der Waals surface area contributed by atoms with E-state index in [2.05, 4.69) is 0 Å². The molecule has 2 aliphatic rings. The highest BCUT2D eigenvalue weighted by molar-refractivity contribution is 7.92. The normalized spacial score (nSPS) is 24.8. The van der Waals surface area contributed by atoms with Gasteiger partial charge < -0.3 is 18.9 Å². The van der Waals surface area contributed by atoms with Crippen molar-refractivity contribution in [3.8, 4) is 0 Å². The Balaban J connectivity index is 1.65. The molecule has 7 nitrogen and oxygen atoms in total. The quantitative estimate of drug-likeness (QED) is 0.589. The van der Waals surface area contributed by atoms with Gasteiger partial charge in [-0.2, -0.15) is 0 Å². The van der Waals surface area contributed by atoms with Crippen LogP contribution in [0.15, 0.2) is 70.8 Å².